The second-order valence-corrected chi connectivity index (χ2v) is 5.27. The molecule has 0 aromatic heterocycles. The van der Waals surface area contributed by atoms with Gasteiger partial charge >= 0.3 is 0 Å². The van der Waals surface area contributed by atoms with E-state index in [4.69, 9.17) is 0 Å². The zero-order valence-corrected chi connectivity index (χ0v) is 9.74. The SMILES string of the molecule is CNS(=O)(=O)Cc1ccc(C)c([N+](=O)[O-])c1. The molecule has 0 aliphatic carbocycles. The van der Waals surface area contributed by atoms with Crippen molar-refractivity contribution >= 4 is 15.7 Å². The fourth-order valence-corrected chi connectivity index (χ4v) is 2.00. The topological polar surface area (TPSA) is 89.3 Å². The summed E-state index contributed by atoms with van der Waals surface area (Å²) in [4.78, 5) is 10.1. The third-order valence-corrected chi connectivity index (χ3v) is 3.47. The van der Waals surface area contributed by atoms with Crippen LogP contribution in [0.25, 0.3) is 0 Å². The number of nitrogens with zero attached hydrogens (tertiary/aromatic N) is 1. The van der Waals surface area contributed by atoms with Crippen LogP contribution in [0.1, 0.15) is 11.1 Å². The van der Waals surface area contributed by atoms with E-state index in [9.17, 15) is 18.5 Å². The number of rotatable bonds is 4. The van der Waals surface area contributed by atoms with Gasteiger partial charge in [-0.3, -0.25) is 10.1 Å². The van der Waals surface area contributed by atoms with Gasteiger partial charge in [0.15, 0.2) is 0 Å². The molecule has 0 spiro atoms. The Bertz CT molecular complexity index is 510. The van der Waals surface area contributed by atoms with Gasteiger partial charge in [0.05, 0.1) is 10.7 Å². The summed E-state index contributed by atoms with van der Waals surface area (Å²) in [6, 6.07) is 4.39. The summed E-state index contributed by atoms with van der Waals surface area (Å²) < 4.78 is 24.7. The lowest BCUT2D eigenvalue weighted by molar-refractivity contribution is -0.385. The van der Waals surface area contributed by atoms with Crippen molar-refractivity contribution in [2.24, 2.45) is 0 Å². The highest BCUT2D eigenvalue weighted by molar-refractivity contribution is 7.88. The van der Waals surface area contributed by atoms with Crippen LogP contribution in [0.3, 0.4) is 0 Å². The molecule has 0 atom stereocenters. The van der Waals surface area contributed by atoms with E-state index in [0.717, 1.165) is 0 Å². The summed E-state index contributed by atoms with van der Waals surface area (Å²) in [7, 11) is -2.10. The molecule has 0 aliphatic rings. The first-order valence-electron chi connectivity index (χ1n) is 4.51. The zero-order valence-electron chi connectivity index (χ0n) is 8.93. The maximum absolute atomic E-state index is 11.3. The maximum atomic E-state index is 11.3. The summed E-state index contributed by atoms with van der Waals surface area (Å²) in [6.07, 6.45) is 0. The van der Waals surface area contributed by atoms with Crippen molar-refractivity contribution in [1.82, 2.24) is 4.72 Å². The van der Waals surface area contributed by atoms with Gasteiger partial charge in [-0.15, -0.1) is 0 Å². The van der Waals surface area contributed by atoms with Crippen LogP contribution in [0, 0.1) is 17.0 Å². The van der Waals surface area contributed by atoms with E-state index in [2.05, 4.69) is 4.72 Å². The van der Waals surface area contributed by atoms with E-state index in [1.807, 2.05) is 0 Å². The minimum Gasteiger partial charge on any atom is -0.258 e. The van der Waals surface area contributed by atoms with Crippen molar-refractivity contribution in [1.29, 1.82) is 0 Å². The second kappa shape index (κ2) is 4.58. The van der Waals surface area contributed by atoms with Crippen LogP contribution in [0.5, 0.6) is 0 Å². The summed E-state index contributed by atoms with van der Waals surface area (Å²) in [5, 5.41) is 10.6. The van der Waals surface area contributed by atoms with E-state index in [0.29, 0.717) is 11.1 Å². The molecular formula is C9H12N2O4S. The lowest BCUT2D eigenvalue weighted by Crippen LogP contribution is -2.20. The molecule has 0 unspecified atom stereocenters. The Balaban J connectivity index is 3.09. The second-order valence-electron chi connectivity index (χ2n) is 3.34. The summed E-state index contributed by atoms with van der Waals surface area (Å²) in [5.41, 5.74) is 0.839. The number of hydrogen-bond donors (Lipinski definition) is 1. The highest BCUT2D eigenvalue weighted by Gasteiger charge is 2.14. The number of sulfonamides is 1. The molecule has 1 aromatic rings. The van der Waals surface area contributed by atoms with Crippen molar-refractivity contribution in [2.75, 3.05) is 7.05 Å². The van der Waals surface area contributed by atoms with Gasteiger partial charge in [0.25, 0.3) is 5.69 Å². The lowest BCUT2D eigenvalue weighted by Gasteiger charge is -2.03. The summed E-state index contributed by atoms with van der Waals surface area (Å²) >= 11 is 0. The molecule has 0 radical (unpaired) electrons. The molecular weight excluding hydrogens is 232 g/mol. The molecule has 0 bridgehead atoms. The summed E-state index contributed by atoms with van der Waals surface area (Å²) in [6.45, 7) is 1.61. The molecule has 0 saturated heterocycles. The quantitative estimate of drug-likeness (QED) is 0.630. The third kappa shape index (κ3) is 3.01. The first kappa shape index (κ1) is 12.6. The average Bonchev–Trinajstić information content (AvgIpc) is 2.20. The largest absolute Gasteiger partial charge is 0.272 e. The fourth-order valence-electron chi connectivity index (χ4n) is 1.23. The highest BCUT2D eigenvalue weighted by atomic mass is 32.2. The van der Waals surface area contributed by atoms with Crippen LogP contribution < -0.4 is 4.72 Å². The molecule has 0 aliphatic heterocycles. The van der Waals surface area contributed by atoms with Crippen molar-refractivity contribution in [2.45, 2.75) is 12.7 Å². The van der Waals surface area contributed by atoms with Gasteiger partial charge in [-0.2, -0.15) is 0 Å². The number of nitro groups is 1. The maximum Gasteiger partial charge on any atom is 0.272 e. The molecule has 88 valence electrons. The molecule has 6 nitrogen and oxygen atoms in total. The molecule has 1 aromatic carbocycles. The lowest BCUT2D eigenvalue weighted by atomic mass is 10.1. The van der Waals surface area contributed by atoms with E-state index < -0.39 is 14.9 Å². The van der Waals surface area contributed by atoms with Crippen LogP contribution in [0.2, 0.25) is 0 Å². The Hall–Kier alpha value is -1.47. The van der Waals surface area contributed by atoms with Crippen molar-refractivity contribution in [3.05, 3.63) is 39.4 Å². The minimum absolute atomic E-state index is 0.0659. The standard InChI is InChI=1S/C9H12N2O4S/c1-7-3-4-8(5-9(7)11(12)13)6-16(14,15)10-2/h3-5,10H,6H2,1-2H3. The van der Waals surface area contributed by atoms with Gasteiger partial charge in [0.2, 0.25) is 10.0 Å². The molecule has 0 saturated carbocycles. The minimum atomic E-state index is -3.40. The fraction of sp³-hybridized carbons (Fsp3) is 0.333. The van der Waals surface area contributed by atoms with Crippen molar-refractivity contribution in [3.63, 3.8) is 0 Å². The highest BCUT2D eigenvalue weighted by Crippen LogP contribution is 2.20. The van der Waals surface area contributed by atoms with Crippen LogP contribution >= 0.6 is 0 Å². The van der Waals surface area contributed by atoms with Crippen LogP contribution in [-0.4, -0.2) is 20.4 Å². The van der Waals surface area contributed by atoms with E-state index >= 15 is 0 Å². The molecule has 0 fully saturated rings. The van der Waals surface area contributed by atoms with Gasteiger partial charge in [0.1, 0.15) is 0 Å². The molecule has 7 heteroatoms. The Labute approximate surface area is 93.5 Å². The number of hydrogen-bond acceptors (Lipinski definition) is 4. The Morgan fingerprint density at radius 3 is 2.56 bits per heavy atom. The van der Waals surface area contributed by atoms with Gasteiger partial charge in [-0.1, -0.05) is 12.1 Å². The number of nitrogens with one attached hydrogen (secondary N) is 1. The zero-order chi connectivity index (χ0) is 12.3. The van der Waals surface area contributed by atoms with Crippen molar-refractivity contribution in [3.8, 4) is 0 Å². The number of aryl methyl sites for hydroxylation is 1. The van der Waals surface area contributed by atoms with Gasteiger partial charge in [-0.25, -0.2) is 13.1 Å². The van der Waals surface area contributed by atoms with Crippen LogP contribution in [0.15, 0.2) is 18.2 Å². The Morgan fingerprint density at radius 1 is 1.44 bits per heavy atom. The van der Waals surface area contributed by atoms with Crippen LogP contribution in [-0.2, 0) is 15.8 Å². The first-order valence-corrected chi connectivity index (χ1v) is 6.16. The smallest absolute Gasteiger partial charge is 0.258 e. The van der Waals surface area contributed by atoms with Crippen molar-refractivity contribution < 1.29 is 13.3 Å². The van der Waals surface area contributed by atoms with E-state index in [-0.39, 0.29) is 11.4 Å². The molecule has 16 heavy (non-hydrogen) atoms. The molecule has 1 N–H and O–H groups in total. The molecule has 1 rings (SSSR count). The van der Waals surface area contributed by atoms with Gasteiger partial charge in [0, 0.05) is 11.6 Å². The number of nitro benzene ring substituents is 1. The van der Waals surface area contributed by atoms with Gasteiger partial charge < -0.3 is 0 Å². The Kier molecular flexibility index (Phi) is 3.61. The van der Waals surface area contributed by atoms with E-state index in [1.165, 1.54) is 13.1 Å². The Morgan fingerprint density at radius 2 is 2.06 bits per heavy atom. The molecule has 0 amide bonds. The predicted octanol–water partition coefficient (Wildman–Crippen LogP) is 0.952. The third-order valence-electron chi connectivity index (χ3n) is 2.14. The monoisotopic (exact) mass is 244 g/mol. The first-order chi connectivity index (χ1) is 7.35. The summed E-state index contributed by atoms with van der Waals surface area (Å²) in [5.74, 6) is -0.259. The number of benzene rings is 1. The molecule has 0 heterocycles. The van der Waals surface area contributed by atoms with E-state index in [1.54, 1.807) is 19.1 Å². The van der Waals surface area contributed by atoms with Gasteiger partial charge in [-0.05, 0) is 19.5 Å². The normalized spacial score (nSPS) is 11.4. The average molecular weight is 244 g/mol. The van der Waals surface area contributed by atoms with Crippen LogP contribution in [0.4, 0.5) is 5.69 Å². The predicted molar refractivity (Wildman–Crippen MR) is 59.5 cm³/mol.